The third-order valence-electron chi connectivity index (χ3n) is 7.16. The van der Waals surface area contributed by atoms with Gasteiger partial charge >= 0.3 is 0 Å². The van der Waals surface area contributed by atoms with Crippen LogP contribution in [0, 0.1) is 0 Å². The molecule has 1 heterocycles. The predicted octanol–water partition coefficient (Wildman–Crippen LogP) is 10.2. The fourth-order valence-corrected chi connectivity index (χ4v) is 5.46. The van der Waals surface area contributed by atoms with Gasteiger partial charge in [0.15, 0.2) is 5.82 Å². The van der Waals surface area contributed by atoms with E-state index >= 15 is 0 Å². The van der Waals surface area contributed by atoms with Crippen LogP contribution in [-0.2, 0) is 0 Å². The highest BCUT2D eigenvalue weighted by molar-refractivity contribution is 9.10. The molecule has 2 nitrogen and oxygen atoms in total. The van der Waals surface area contributed by atoms with E-state index in [0.29, 0.717) is 0 Å². The van der Waals surface area contributed by atoms with Gasteiger partial charge in [0.25, 0.3) is 0 Å². The van der Waals surface area contributed by atoms with Gasteiger partial charge in [-0.1, -0.05) is 131 Å². The van der Waals surface area contributed by atoms with Gasteiger partial charge in [-0.25, -0.2) is 9.97 Å². The van der Waals surface area contributed by atoms with Crippen LogP contribution < -0.4 is 0 Å². The van der Waals surface area contributed by atoms with E-state index in [1.54, 1.807) is 0 Å². The molecule has 0 aliphatic rings. The second-order valence-electron chi connectivity index (χ2n) is 9.60. The Balaban J connectivity index is 1.35. The van der Waals surface area contributed by atoms with Crippen molar-refractivity contribution >= 4 is 37.5 Å². The van der Waals surface area contributed by atoms with Gasteiger partial charge in [0, 0.05) is 21.2 Å². The minimum absolute atomic E-state index is 0.718. The maximum atomic E-state index is 4.99. The van der Waals surface area contributed by atoms with Crippen molar-refractivity contribution in [3.63, 3.8) is 0 Å². The predicted molar refractivity (Wildman–Crippen MR) is 166 cm³/mol. The summed E-state index contributed by atoms with van der Waals surface area (Å²) in [6.45, 7) is 0. The third kappa shape index (κ3) is 4.52. The van der Waals surface area contributed by atoms with Crippen LogP contribution in [0.15, 0.2) is 144 Å². The van der Waals surface area contributed by atoms with Crippen LogP contribution in [-0.4, -0.2) is 9.97 Å². The number of hydrogen-bond acceptors (Lipinski definition) is 2. The summed E-state index contributed by atoms with van der Waals surface area (Å²) in [5, 5.41) is 5.06. The number of halogens is 1. The largest absolute Gasteiger partial charge is 0.228 e. The van der Waals surface area contributed by atoms with Crippen molar-refractivity contribution in [1.29, 1.82) is 0 Å². The highest BCUT2D eigenvalue weighted by Gasteiger charge is 2.12. The van der Waals surface area contributed by atoms with Gasteiger partial charge in [0.05, 0.1) is 11.4 Å². The lowest BCUT2D eigenvalue weighted by Gasteiger charge is -2.12. The number of rotatable bonds is 4. The summed E-state index contributed by atoms with van der Waals surface area (Å²) in [4.78, 5) is 9.92. The number of nitrogens with zero attached hydrogens (tertiary/aromatic N) is 2. The maximum absolute atomic E-state index is 4.99. The Labute approximate surface area is 235 Å². The molecule has 0 spiro atoms. The molecule has 0 bridgehead atoms. The number of hydrogen-bond donors (Lipinski definition) is 0. The third-order valence-corrected chi connectivity index (χ3v) is 7.69. The van der Waals surface area contributed by atoms with Crippen LogP contribution in [0.3, 0.4) is 0 Å². The van der Waals surface area contributed by atoms with Gasteiger partial charge < -0.3 is 0 Å². The Morgan fingerprint density at radius 3 is 1.64 bits per heavy atom. The zero-order chi connectivity index (χ0) is 26.2. The van der Waals surface area contributed by atoms with Crippen molar-refractivity contribution in [3.05, 3.63) is 144 Å². The van der Waals surface area contributed by atoms with Crippen molar-refractivity contribution in [3.8, 4) is 45.0 Å². The standard InChI is InChI=1S/C36H23BrN2/c37-29-20-18-26(19-21-29)35-23-34(38-36(39-35)27-8-2-1-3-9-27)25-16-14-24(15-17-25)33-22-28-10-4-5-11-30(28)31-12-6-7-13-32(31)33/h1-23H. The Bertz CT molecular complexity index is 1940. The molecule has 0 atom stereocenters. The van der Waals surface area contributed by atoms with Crippen LogP contribution in [0.4, 0.5) is 0 Å². The molecule has 0 saturated carbocycles. The van der Waals surface area contributed by atoms with Crippen molar-refractivity contribution in [2.75, 3.05) is 0 Å². The first-order chi connectivity index (χ1) is 19.2. The zero-order valence-corrected chi connectivity index (χ0v) is 22.6. The van der Waals surface area contributed by atoms with Gasteiger partial charge in [0.2, 0.25) is 0 Å². The lowest BCUT2D eigenvalue weighted by molar-refractivity contribution is 1.18. The van der Waals surface area contributed by atoms with E-state index in [1.807, 2.05) is 30.3 Å². The molecule has 7 rings (SSSR count). The smallest absolute Gasteiger partial charge is 0.160 e. The number of aromatic nitrogens is 2. The first-order valence-corrected chi connectivity index (χ1v) is 13.7. The minimum atomic E-state index is 0.718. The highest BCUT2D eigenvalue weighted by atomic mass is 79.9. The van der Waals surface area contributed by atoms with Gasteiger partial charge in [0.1, 0.15) is 0 Å². The average molecular weight is 563 g/mol. The van der Waals surface area contributed by atoms with Gasteiger partial charge in [-0.15, -0.1) is 0 Å². The van der Waals surface area contributed by atoms with Crippen LogP contribution in [0.1, 0.15) is 0 Å². The van der Waals surface area contributed by atoms with Crippen LogP contribution in [0.25, 0.3) is 66.6 Å². The molecule has 0 amide bonds. The monoisotopic (exact) mass is 562 g/mol. The van der Waals surface area contributed by atoms with E-state index in [0.717, 1.165) is 38.4 Å². The van der Waals surface area contributed by atoms with E-state index in [1.165, 1.54) is 32.7 Å². The van der Waals surface area contributed by atoms with Crippen LogP contribution in [0.2, 0.25) is 0 Å². The SMILES string of the molecule is Brc1ccc(-c2cc(-c3ccc(-c4cc5ccccc5c5ccccc45)cc3)nc(-c3ccccc3)n2)cc1. The van der Waals surface area contributed by atoms with Crippen molar-refractivity contribution in [2.24, 2.45) is 0 Å². The van der Waals surface area contributed by atoms with Crippen LogP contribution >= 0.6 is 15.9 Å². The Morgan fingerprint density at radius 2 is 0.949 bits per heavy atom. The van der Waals surface area contributed by atoms with E-state index in [2.05, 4.69) is 125 Å². The van der Waals surface area contributed by atoms with E-state index in [9.17, 15) is 0 Å². The summed E-state index contributed by atoms with van der Waals surface area (Å²) in [7, 11) is 0. The van der Waals surface area contributed by atoms with Crippen molar-refractivity contribution in [2.45, 2.75) is 0 Å². The first-order valence-electron chi connectivity index (χ1n) is 12.9. The second kappa shape index (κ2) is 9.94. The molecule has 0 saturated heterocycles. The minimum Gasteiger partial charge on any atom is -0.228 e. The van der Waals surface area contributed by atoms with Crippen LogP contribution in [0.5, 0.6) is 0 Å². The molecule has 6 aromatic carbocycles. The lowest BCUT2D eigenvalue weighted by atomic mass is 9.93. The Kier molecular flexibility index (Phi) is 5.99. The summed E-state index contributed by atoms with van der Waals surface area (Å²) in [5.74, 6) is 0.718. The summed E-state index contributed by atoms with van der Waals surface area (Å²) in [6, 6.07) is 48.8. The Morgan fingerprint density at radius 1 is 0.410 bits per heavy atom. The van der Waals surface area contributed by atoms with Crippen molar-refractivity contribution in [1.82, 2.24) is 9.97 Å². The molecule has 39 heavy (non-hydrogen) atoms. The van der Waals surface area contributed by atoms with E-state index in [4.69, 9.17) is 9.97 Å². The Hall–Kier alpha value is -4.60. The fraction of sp³-hybridized carbons (Fsp3) is 0. The quantitative estimate of drug-likeness (QED) is 0.199. The molecule has 184 valence electrons. The fourth-order valence-electron chi connectivity index (χ4n) is 5.19. The summed E-state index contributed by atoms with van der Waals surface area (Å²) < 4.78 is 1.04. The number of fused-ring (bicyclic) bond motifs is 3. The first kappa shape index (κ1) is 23.5. The molecule has 0 aliphatic heterocycles. The van der Waals surface area contributed by atoms with Gasteiger partial charge in [-0.3, -0.25) is 0 Å². The topological polar surface area (TPSA) is 25.8 Å². The second-order valence-corrected chi connectivity index (χ2v) is 10.5. The lowest BCUT2D eigenvalue weighted by Crippen LogP contribution is -1.96. The molecule has 0 N–H and O–H groups in total. The molecule has 0 radical (unpaired) electrons. The maximum Gasteiger partial charge on any atom is 0.160 e. The molecule has 0 unspecified atom stereocenters. The summed E-state index contributed by atoms with van der Waals surface area (Å²) >= 11 is 3.54. The molecular formula is C36H23BrN2. The van der Waals surface area contributed by atoms with Crippen molar-refractivity contribution < 1.29 is 0 Å². The summed E-state index contributed by atoms with van der Waals surface area (Å²) in [5.41, 5.74) is 7.33. The molecule has 0 fully saturated rings. The zero-order valence-electron chi connectivity index (χ0n) is 21.1. The molecule has 0 aliphatic carbocycles. The van der Waals surface area contributed by atoms with E-state index in [-0.39, 0.29) is 0 Å². The summed E-state index contributed by atoms with van der Waals surface area (Å²) in [6.07, 6.45) is 0. The molecular weight excluding hydrogens is 540 g/mol. The van der Waals surface area contributed by atoms with Gasteiger partial charge in [-0.05, 0) is 56.9 Å². The number of benzene rings is 6. The average Bonchev–Trinajstić information content (AvgIpc) is 3.01. The molecule has 1 aromatic heterocycles. The normalized spacial score (nSPS) is 11.2. The highest BCUT2D eigenvalue weighted by Crippen LogP contribution is 2.36. The van der Waals surface area contributed by atoms with E-state index < -0.39 is 0 Å². The van der Waals surface area contributed by atoms with Gasteiger partial charge in [-0.2, -0.15) is 0 Å². The molecule has 7 aromatic rings. The molecule has 3 heteroatoms.